The first-order valence-electron chi connectivity index (χ1n) is 9.74. The summed E-state index contributed by atoms with van der Waals surface area (Å²) >= 11 is 8.12. The molecule has 0 spiro atoms. The Hall–Kier alpha value is -1.79. The zero-order valence-corrected chi connectivity index (χ0v) is 18.2. The maximum atomic E-state index is 12.5. The molecule has 3 rings (SSSR count). The Labute approximate surface area is 175 Å². The number of hydrogen-bond donors (Lipinski definition) is 1. The van der Waals surface area contributed by atoms with Gasteiger partial charge < -0.3 is 14.8 Å². The van der Waals surface area contributed by atoms with E-state index in [1.54, 1.807) is 30.6 Å². The Balaban J connectivity index is 1.60. The van der Waals surface area contributed by atoms with E-state index >= 15 is 0 Å². The van der Waals surface area contributed by atoms with Crippen LogP contribution < -0.4 is 14.8 Å². The maximum absolute atomic E-state index is 12.5. The Morgan fingerprint density at radius 2 is 2.11 bits per heavy atom. The van der Waals surface area contributed by atoms with E-state index in [-0.39, 0.29) is 5.91 Å². The van der Waals surface area contributed by atoms with Gasteiger partial charge in [0.25, 0.3) is 5.91 Å². The summed E-state index contributed by atoms with van der Waals surface area (Å²) in [6, 6.07) is 3.29. The maximum Gasteiger partial charge on any atom is 0.251 e. The fourth-order valence-electron chi connectivity index (χ4n) is 3.14. The van der Waals surface area contributed by atoms with Crippen LogP contribution in [0.25, 0.3) is 0 Å². The van der Waals surface area contributed by atoms with Crippen molar-refractivity contribution < 1.29 is 14.3 Å². The molecule has 0 bridgehead atoms. The van der Waals surface area contributed by atoms with Crippen molar-refractivity contribution in [3.8, 4) is 11.5 Å². The topological polar surface area (TPSA) is 60.5 Å². The number of halogens is 1. The van der Waals surface area contributed by atoms with Crippen molar-refractivity contribution in [1.82, 2.24) is 10.3 Å². The summed E-state index contributed by atoms with van der Waals surface area (Å²) in [7, 11) is 1.54. The fourth-order valence-corrected chi connectivity index (χ4v) is 4.56. The number of rotatable bonds is 8. The normalized spacial score (nSPS) is 13.3. The molecule has 1 aromatic heterocycles. The molecule has 152 valence electrons. The highest BCUT2D eigenvalue weighted by Crippen LogP contribution is 2.36. The summed E-state index contributed by atoms with van der Waals surface area (Å²) in [5.74, 6) is 1.12. The number of hydrogen-bond acceptors (Lipinski definition) is 5. The minimum atomic E-state index is -0.183. The molecule has 0 aliphatic heterocycles. The van der Waals surface area contributed by atoms with Gasteiger partial charge in [0.05, 0.1) is 29.4 Å². The van der Waals surface area contributed by atoms with E-state index < -0.39 is 0 Å². The number of nitrogens with zero attached hydrogens (tertiary/aromatic N) is 1. The van der Waals surface area contributed by atoms with Gasteiger partial charge in [-0.1, -0.05) is 25.4 Å². The zero-order chi connectivity index (χ0) is 20.1. The van der Waals surface area contributed by atoms with Crippen molar-refractivity contribution in [2.24, 2.45) is 5.92 Å². The number of thiazole rings is 1. The predicted molar refractivity (Wildman–Crippen MR) is 113 cm³/mol. The Morgan fingerprint density at radius 3 is 2.82 bits per heavy atom. The summed E-state index contributed by atoms with van der Waals surface area (Å²) in [6.07, 6.45) is 5.45. The number of carbonyl (C=O) groups excluding carboxylic acids is 1. The van der Waals surface area contributed by atoms with Gasteiger partial charge in [0, 0.05) is 23.4 Å². The summed E-state index contributed by atoms with van der Waals surface area (Å²) in [4.78, 5) is 18.7. The number of nitrogens with one attached hydrogen (secondary N) is 1. The van der Waals surface area contributed by atoms with Gasteiger partial charge in [-0.25, -0.2) is 4.98 Å². The summed E-state index contributed by atoms with van der Waals surface area (Å²) < 4.78 is 11.1. The monoisotopic (exact) mass is 422 g/mol. The third kappa shape index (κ3) is 5.17. The lowest BCUT2D eigenvalue weighted by atomic mass is 10.0. The number of ether oxygens (including phenoxy) is 2. The number of fused-ring (bicyclic) bond motifs is 1. The Kier molecular flexibility index (Phi) is 7.18. The quantitative estimate of drug-likeness (QED) is 0.670. The van der Waals surface area contributed by atoms with Crippen LogP contribution in [0, 0.1) is 5.92 Å². The van der Waals surface area contributed by atoms with Crippen molar-refractivity contribution in [3.63, 3.8) is 0 Å². The van der Waals surface area contributed by atoms with Crippen molar-refractivity contribution in [2.45, 2.75) is 46.0 Å². The number of amides is 1. The minimum Gasteiger partial charge on any atom is -0.493 e. The molecule has 0 saturated carbocycles. The van der Waals surface area contributed by atoms with Crippen molar-refractivity contribution in [1.29, 1.82) is 0 Å². The highest BCUT2D eigenvalue weighted by Gasteiger charge is 2.17. The third-order valence-corrected chi connectivity index (χ3v) is 6.06. The van der Waals surface area contributed by atoms with Gasteiger partial charge in [-0.2, -0.15) is 0 Å². The molecule has 0 fully saturated rings. The lowest BCUT2D eigenvalue weighted by Crippen LogP contribution is -2.25. The van der Waals surface area contributed by atoms with Gasteiger partial charge >= 0.3 is 0 Å². The predicted octanol–water partition coefficient (Wildman–Crippen LogP) is 4.69. The first kappa shape index (κ1) is 20.9. The second-order valence-electron chi connectivity index (χ2n) is 7.38. The molecule has 1 N–H and O–H groups in total. The highest BCUT2D eigenvalue weighted by molar-refractivity contribution is 7.11. The van der Waals surface area contributed by atoms with Gasteiger partial charge in [0.2, 0.25) is 0 Å². The number of methoxy groups -OCH3 is 1. The van der Waals surface area contributed by atoms with E-state index in [2.05, 4.69) is 19.2 Å². The lowest BCUT2D eigenvalue weighted by molar-refractivity contribution is 0.0953. The van der Waals surface area contributed by atoms with Crippen LogP contribution in [0.2, 0.25) is 5.02 Å². The van der Waals surface area contributed by atoms with Crippen LogP contribution in [0.4, 0.5) is 0 Å². The molecule has 28 heavy (non-hydrogen) atoms. The van der Waals surface area contributed by atoms with Crippen LogP contribution in [-0.2, 0) is 19.3 Å². The molecule has 0 radical (unpaired) electrons. The zero-order valence-electron chi connectivity index (χ0n) is 16.6. The largest absolute Gasteiger partial charge is 0.493 e. The van der Waals surface area contributed by atoms with Crippen molar-refractivity contribution in [3.05, 3.63) is 38.3 Å². The van der Waals surface area contributed by atoms with Crippen molar-refractivity contribution in [2.75, 3.05) is 20.3 Å². The van der Waals surface area contributed by atoms with E-state index in [0.717, 1.165) is 24.3 Å². The van der Waals surface area contributed by atoms with Crippen LogP contribution in [0.1, 0.15) is 52.6 Å². The Bertz CT molecular complexity index is 812. The SMILES string of the molecule is COc1cc(C(=O)NCCc2nc3c(s2)CCCC3)cc(Cl)c1OCC(C)C. The van der Waals surface area contributed by atoms with Gasteiger partial charge in [-0.05, 0) is 43.7 Å². The molecule has 0 unspecified atom stereocenters. The second-order valence-corrected chi connectivity index (χ2v) is 8.96. The Morgan fingerprint density at radius 1 is 1.32 bits per heavy atom. The molecule has 5 nitrogen and oxygen atoms in total. The highest BCUT2D eigenvalue weighted by atomic mass is 35.5. The summed E-state index contributed by atoms with van der Waals surface area (Å²) in [5.41, 5.74) is 1.71. The van der Waals surface area contributed by atoms with E-state index in [4.69, 9.17) is 26.1 Å². The molecule has 1 aromatic carbocycles. The van der Waals surface area contributed by atoms with Gasteiger partial charge in [-0.3, -0.25) is 4.79 Å². The van der Waals surface area contributed by atoms with E-state index in [1.807, 2.05) is 0 Å². The van der Waals surface area contributed by atoms with Crippen LogP contribution in [0.5, 0.6) is 11.5 Å². The summed E-state index contributed by atoms with van der Waals surface area (Å²) in [5, 5.41) is 4.42. The molecular formula is C21H27ClN2O3S. The number of benzene rings is 1. The smallest absolute Gasteiger partial charge is 0.251 e. The standard InChI is InChI=1S/C21H27ClN2O3S/c1-13(2)12-27-20-15(22)10-14(11-17(20)26-3)21(25)23-9-8-19-24-16-6-4-5-7-18(16)28-19/h10-11,13H,4-9,12H2,1-3H3,(H,23,25). The van der Waals surface area contributed by atoms with Crippen LogP contribution in [-0.4, -0.2) is 31.2 Å². The molecule has 0 saturated heterocycles. The minimum absolute atomic E-state index is 0.183. The lowest BCUT2D eigenvalue weighted by Gasteiger charge is -2.15. The van der Waals surface area contributed by atoms with Gasteiger partial charge in [0.15, 0.2) is 11.5 Å². The first-order valence-corrected chi connectivity index (χ1v) is 10.9. The van der Waals surface area contributed by atoms with Crippen LogP contribution in [0.3, 0.4) is 0 Å². The molecule has 1 heterocycles. The number of carbonyl (C=O) groups is 1. The van der Waals surface area contributed by atoms with Crippen LogP contribution >= 0.6 is 22.9 Å². The average molecular weight is 423 g/mol. The summed E-state index contributed by atoms with van der Waals surface area (Å²) in [6.45, 7) is 5.18. The number of aryl methyl sites for hydroxylation is 2. The van der Waals surface area contributed by atoms with Crippen molar-refractivity contribution >= 4 is 28.8 Å². The molecule has 7 heteroatoms. The van der Waals surface area contributed by atoms with E-state index in [0.29, 0.717) is 41.2 Å². The van der Waals surface area contributed by atoms with Crippen LogP contribution in [0.15, 0.2) is 12.1 Å². The molecule has 0 atom stereocenters. The third-order valence-electron chi connectivity index (χ3n) is 4.57. The van der Waals surface area contributed by atoms with Gasteiger partial charge in [0.1, 0.15) is 0 Å². The van der Waals surface area contributed by atoms with E-state index in [1.165, 1.54) is 23.4 Å². The van der Waals surface area contributed by atoms with E-state index in [9.17, 15) is 4.79 Å². The molecule has 1 aliphatic carbocycles. The molecular weight excluding hydrogens is 396 g/mol. The first-order chi connectivity index (χ1) is 13.5. The second kappa shape index (κ2) is 9.61. The number of aromatic nitrogens is 1. The average Bonchev–Trinajstić information content (AvgIpc) is 3.08. The molecule has 2 aromatic rings. The fraction of sp³-hybridized carbons (Fsp3) is 0.524. The van der Waals surface area contributed by atoms with Gasteiger partial charge in [-0.15, -0.1) is 11.3 Å². The molecule has 1 amide bonds. The molecule has 1 aliphatic rings.